The Balaban J connectivity index is 2.11. The van der Waals surface area contributed by atoms with Crippen LogP contribution in [0.2, 0.25) is 15.1 Å². The molecule has 98 valence electrons. The molecule has 0 aromatic heterocycles. The molecule has 2 rings (SSSR count). The zero-order valence-electron chi connectivity index (χ0n) is 9.79. The summed E-state index contributed by atoms with van der Waals surface area (Å²) in [6.07, 6.45) is 0. The van der Waals surface area contributed by atoms with Crippen LogP contribution >= 0.6 is 34.8 Å². The Labute approximate surface area is 126 Å². The predicted octanol–water partition coefficient (Wildman–Crippen LogP) is 4.58. The average Bonchev–Trinajstić information content (AvgIpc) is 2.43. The average molecular weight is 315 g/mol. The summed E-state index contributed by atoms with van der Waals surface area (Å²) in [5.74, 6) is -0.285. The number of hydrogen-bond donors (Lipinski definition) is 1. The molecule has 5 heteroatoms. The fourth-order valence-corrected chi connectivity index (χ4v) is 2.20. The van der Waals surface area contributed by atoms with Crippen molar-refractivity contribution in [3.63, 3.8) is 0 Å². The van der Waals surface area contributed by atoms with Crippen LogP contribution in [0.1, 0.15) is 15.9 Å². The second-order valence-electron chi connectivity index (χ2n) is 3.89. The number of amides is 1. The van der Waals surface area contributed by atoms with Crippen LogP contribution < -0.4 is 5.32 Å². The first-order valence-electron chi connectivity index (χ1n) is 5.55. The Kier molecular flexibility index (Phi) is 4.70. The maximum atomic E-state index is 12.0. The van der Waals surface area contributed by atoms with E-state index < -0.39 is 0 Å². The van der Waals surface area contributed by atoms with Gasteiger partial charge in [0.2, 0.25) is 0 Å². The molecule has 0 unspecified atom stereocenters. The number of benzene rings is 2. The van der Waals surface area contributed by atoms with Crippen molar-refractivity contribution < 1.29 is 4.79 Å². The molecule has 2 aromatic rings. The van der Waals surface area contributed by atoms with E-state index in [2.05, 4.69) is 5.32 Å². The second-order valence-corrected chi connectivity index (χ2v) is 5.05. The minimum Gasteiger partial charge on any atom is -0.348 e. The Hall–Kier alpha value is -1.22. The SMILES string of the molecule is O=C(NCc1ccccc1)c1ccc(Cl)c(Cl)c1Cl. The summed E-state index contributed by atoms with van der Waals surface area (Å²) in [5.41, 5.74) is 1.32. The van der Waals surface area contributed by atoms with Crippen molar-refractivity contribution in [3.8, 4) is 0 Å². The van der Waals surface area contributed by atoms with E-state index in [1.807, 2.05) is 30.3 Å². The summed E-state index contributed by atoms with van der Waals surface area (Å²) in [4.78, 5) is 12.0. The van der Waals surface area contributed by atoms with Crippen LogP contribution in [0.5, 0.6) is 0 Å². The van der Waals surface area contributed by atoms with Gasteiger partial charge in [0.1, 0.15) is 0 Å². The molecule has 0 spiro atoms. The molecule has 2 nitrogen and oxygen atoms in total. The van der Waals surface area contributed by atoms with Gasteiger partial charge in [0.05, 0.1) is 20.6 Å². The van der Waals surface area contributed by atoms with Crippen LogP contribution in [0.3, 0.4) is 0 Å². The minimum atomic E-state index is -0.285. The predicted molar refractivity (Wildman–Crippen MR) is 79.1 cm³/mol. The third-order valence-electron chi connectivity index (χ3n) is 2.58. The fourth-order valence-electron chi connectivity index (χ4n) is 1.57. The van der Waals surface area contributed by atoms with E-state index in [0.717, 1.165) is 5.56 Å². The molecule has 1 amide bonds. The number of halogens is 3. The zero-order valence-corrected chi connectivity index (χ0v) is 12.1. The number of rotatable bonds is 3. The van der Waals surface area contributed by atoms with Gasteiger partial charge in [-0.1, -0.05) is 65.1 Å². The van der Waals surface area contributed by atoms with Crippen LogP contribution in [-0.4, -0.2) is 5.91 Å². The van der Waals surface area contributed by atoms with Crippen LogP contribution in [-0.2, 0) is 6.54 Å². The molecule has 0 radical (unpaired) electrons. The summed E-state index contributed by atoms with van der Waals surface area (Å²) >= 11 is 17.7. The highest BCUT2D eigenvalue weighted by Crippen LogP contribution is 2.32. The van der Waals surface area contributed by atoms with Crippen molar-refractivity contribution in [2.45, 2.75) is 6.54 Å². The van der Waals surface area contributed by atoms with E-state index >= 15 is 0 Å². The van der Waals surface area contributed by atoms with Crippen molar-refractivity contribution in [1.82, 2.24) is 5.32 Å². The molecular weight excluding hydrogens is 305 g/mol. The van der Waals surface area contributed by atoms with E-state index in [1.165, 1.54) is 0 Å². The van der Waals surface area contributed by atoms with Gasteiger partial charge in [-0.25, -0.2) is 0 Å². The molecule has 2 aromatic carbocycles. The van der Waals surface area contributed by atoms with Crippen molar-refractivity contribution in [1.29, 1.82) is 0 Å². The number of carbonyl (C=O) groups excluding carboxylic acids is 1. The maximum absolute atomic E-state index is 12.0. The molecule has 1 N–H and O–H groups in total. The lowest BCUT2D eigenvalue weighted by Crippen LogP contribution is -2.23. The number of carbonyl (C=O) groups is 1. The van der Waals surface area contributed by atoms with Gasteiger partial charge in [0.15, 0.2) is 0 Å². The van der Waals surface area contributed by atoms with E-state index in [0.29, 0.717) is 17.1 Å². The summed E-state index contributed by atoms with van der Waals surface area (Å²) in [6.45, 7) is 0.427. The first-order valence-corrected chi connectivity index (χ1v) is 6.68. The third kappa shape index (κ3) is 3.41. The molecule has 0 aliphatic rings. The topological polar surface area (TPSA) is 29.1 Å². The Morgan fingerprint density at radius 1 is 0.947 bits per heavy atom. The molecule has 0 saturated carbocycles. The molecule has 0 aliphatic carbocycles. The van der Waals surface area contributed by atoms with Crippen molar-refractivity contribution in [2.24, 2.45) is 0 Å². The van der Waals surface area contributed by atoms with Gasteiger partial charge in [-0.05, 0) is 17.7 Å². The molecule has 0 heterocycles. The smallest absolute Gasteiger partial charge is 0.253 e. The highest BCUT2D eigenvalue weighted by Gasteiger charge is 2.14. The quantitative estimate of drug-likeness (QED) is 0.826. The minimum absolute atomic E-state index is 0.166. The van der Waals surface area contributed by atoms with Crippen molar-refractivity contribution in [2.75, 3.05) is 0 Å². The van der Waals surface area contributed by atoms with Crippen LogP contribution in [0.4, 0.5) is 0 Å². The van der Waals surface area contributed by atoms with E-state index in [1.54, 1.807) is 12.1 Å². The first-order chi connectivity index (χ1) is 9.09. The van der Waals surface area contributed by atoms with Gasteiger partial charge in [0, 0.05) is 6.54 Å². The molecule has 0 aliphatic heterocycles. The summed E-state index contributed by atoms with van der Waals surface area (Å²) in [5, 5.41) is 3.46. The molecule has 0 atom stereocenters. The Morgan fingerprint density at radius 2 is 1.63 bits per heavy atom. The molecule has 0 saturated heterocycles. The van der Waals surface area contributed by atoms with Gasteiger partial charge in [-0.2, -0.15) is 0 Å². The number of hydrogen-bond acceptors (Lipinski definition) is 1. The van der Waals surface area contributed by atoms with Crippen molar-refractivity contribution >= 4 is 40.7 Å². The fraction of sp³-hybridized carbons (Fsp3) is 0.0714. The molecule has 0 bridgehead atoms. The highest BCUT2D eigenvalue weighted by atomic mass is 35.5. The zero-order chi connectivity index (χ0) is 13.8. The standard InChI is InChI=1S/C14H10Cl3NO/c15-11-7-6-10(12(16)13(11)17)14(19)18-8-9-4-2-1-3-5-9/h1-7H,8H2,(H,18,19). The van der Waals surface area contributed by atoms with Gasteiger partial charge in [-0.15, -0.1) is 0 Å². The largest absolute Gasteiger partial charge is 0.348 e. The second kappa shape index (κ2) is 6.29. The third-order valence-corrected chi connectivity index (χ3v) is 3.87. The lowest BCUT2D eigenvalue weighted by atomic mass is 10.2. The highest BCUT2D eigenvalue weighted by molar-refractivity contribution is 6.49. The van der Waals surface area contributed by atoms with Gasteiger partial charge < -0.3 is 5.32 Å². The van der Waals surface area contributed by atoms with Gasteiger partial charge in [-0.3, -0.25) is 4.79 Å². The molecular formula is C14H10Cl3NO. The van der Waals surface area contributed by atoms with Crippen LogP contribution in [0, 0.1) is 0 Å². The summed E-state index contributed by atoms with van der Waals surface area (Å²) < 4.78 is 0. The van der Waals surface area contributed by atoms with Gasteiger partial charge >= 0.3 is 0 Å². The Morgan fingerprint density at radius 3 is 2.32 bits per heavy atom. The maximum Gasteiger partial charge on any atom is 0.253 e. The Bertz CT molecular complexity index is 599. The normalized spacial score (nSPS) is 10.3. The first kappa shape index (κ1) is 14.2. The van der Waals surface area contributed by atoms with Crippen LogP contribution in [0.15, 0.2) is 42.5 Å². The molecule has 19 heavy (non-hydrogen) atoms. The molecule has 0 fully saturated rings. The lowest BCUT2D eigenvalue weighted by molar-refractivity contribution is 0.0951. The van der Waals surface area contributed by atoms with E-state index in [4.69, 9.17) is 34.8 Å². The van der Waals surface area contributed by atoms with E-state index in [-0.39, 0.29) is 16.0 Å². The summed E-state index contributed by atoms with van der Waals surface area (Å²) in [7, 11) is 0. The van der Waals surface area contributed by atoms with E-state index in [9.17, 15) is 4.79 Å². The monoisotopic (exact) mass is 313 g/mol. The summed E-state index contributed by atoms with van der Waals surface area (Å²) in [6, 6.07) is 12.7. The van der Waals surface area contributed by atoms with Crippen molar-refractivity contribution in [3.05, 3.63) is 68.7 Å². The number of nitrogens with one attached hydrogen (secondary N) is 1. The lowest BCUT2D eigenvalue weighted by Gasteiger charge is -2.08. The van der Waals surface area contributed by atoms with Crippen LogP contribution in [0.25, 0.3) is 0 Å². The van der Waals surface area contributed by atoms with Gasteiger partial charge in [0.25, 0.3) is 5.91 Å².